The third-order valence-electron chi connectivity index (χ3n) is 3.04. The van der Waals surface area contributed by atoms with Crippen molar-refractivity contribution in [2.24, 2.45) is 0 Å². The molecule has 0 spiro atoms. The molecule has 0 aliphatic rings. The van der Waals surface area contributed by atoms with Crippen LogP contribution in [0.2, 0.25) is 0 Å². The second kappa shape index (κ2) is 9.98. The number of amides is 2. The molecule has 130 valence electrons. The molecule has 1 aromatic rings. The van der Waals surface area contributed by atoms with Crippen molar-refractivity contribution in [1.29, 1.82) is 0 Å². The summed E-state index contributed by atoms with van der Waals surface area (Å²) in [4.78, 5) is 44.0. The van der Waals surface area contributed by atoms with Crippen molar-refractivity contribution < 1.29 is 29.4 Å². The van der Waals surface area contributed by atoms with Crippen molar-refractivity contribution >= 4 is 35.1 Å². The molecule has 0 unspecified atom stereocenters. The molecule has 0 radical (unpaired) electrons. The zero-order valence-corrected chi connectivity index (χ0v) is 13.1. The van der Waals surface area contributed by atoms with Crippen LogP contribution in [0.1, 0.15) is 38.5 Å². The number of nitrogens with one attached hydrogen (secondary N) is 2. The van der Waals surface area contributed by atoms with Crippen LogP contribution in [0.15, 0.2) is 24.3 Å². The predicted octanol–water partition coefficient (Wildman–Crippen LogP) is 2.07. The number of rotatable bonds is 10. The normalized spacial score (nSPS) is 10.0. The first kappa shape index (κ1) is 19.1. The summed E-state index contributed by atoms with van der Waals surface area (Å²) in [5.41, 5.74) is 1.08. The Kier molecular flexibility index (Phi) is 7.97. The summed E-state index contributed by atoms with van der Waals surface area (Å²) in [7, 11) is 0. The largest absolute Gasteiger partial charge is 0.481 e. The number of benzene rings is 1. The molecule has 0 fully saturated rings. The SMILES string of the molecule is O=C(O)CCCC(=O)Nc1ccc(NC(=O)CCCC(=O)O)cc1. The van der Waals surface area contributed by atoms with Crippen LogP contribution in [-0.4, -0.2) is 34.0 Å². The van der Waals surface area contributed by atoms with Crippen LogP contribution in [-0.2, 0) is 19.2 Å². The highest BCUT2D eigenvalue weighted by atomic mass is 16.4. The van der Waals surface area contributed by atoms with Crippen LogP contribution in [0.4, 0.5) is 11.4 Å². The number of anilines is 2. The van der Waals surface area contributed by atoms with Crippen LogP contribution in [0.5, 0.6) is 0 Å². The van der Waals surface area contributed by atoms with Gasteiger partial charge < -0.3 is 20.8 Å². The molecule has 0 aromatic heterocycles. The molecular formula is C16H20N2O6. The van der Waals surface area contributed by atoms with E-state index in [2.05, 4.69) is 10.6 Å². The summed E-state index contributed by atoms with van der Waals surface area (Å²) >= 11 is 0. The zero-order valence-electron chi connectivity index (χ0n) is 13.1. The summed E-state index contributed by atoms with van der Waals surface area (Å²) in [6, 6.07) is 6.45. The lowest BCUT2D eigenvalue weighted by molar-refractivity contribution is -0.138. The lowest BCUT2D eigenvalue weighted by Gasteiger charge is -2.07. The van der Waals surface area contributed by atoms with E-state index in [1.165, 1.54) is 0 Å². The number of carboxylic acid groups (broad SMARTS) is 2. The Hall–Kier alpha value is -2.90. The standard InChI is InChI=1S/C16H20N2O6/c19-13(3-1-5-15(21)22)17-11-7-9-12(10-8-11)18-14(20)4-2-6-16(23)24/h7-10H,1-6H2,(H,17,19)(H,18,20)(H,21,22)(H,23,24). The number of carboxylic acids is 2. The van der Waals surface area contributed by atoms with Crippen LogP contribution in [0.3, 0.4) is 0 Å². The topological polar surface area (TPSA) is 133 Å². The minimum atomic E-state index is -0.939. The van der Waals surface area contributed by atoms with Crippen LogP contribution < -0.4 is 10.6 Å². The summed E-state index contributed by atoms with van der Waals surface area (Å²) in [5.74, 6) is -2.43. The van der Waals surface area contributed by atoms with Crippen LogP contribution >= 0.6 is 0 Å². The van der Waals surface area contributed by atoms with E-state index in [0.717, 1.165) is 0 Å². The fraction of sp³-hybridized carbons (Fsp3) is 0.375. The average Bonchev–Trinajstić information content (AvgIpc) is 2.48. The van der Waals surface area contributed by atoms with E-state index in [0.29, 0.717) is 11.4 Å². The van der Waals surface area contributed by atoms with Gasteiger partial charge >= 0.3 is 11.9 Å². The summed E-state index contributed by atoms with van der Waals surface area (Å²) in [6.07, 6.45) is 0.667. The Bertz CT molecular complexity index is 544. The molecule has 4 N–H and O–H groups in total. The van der Waals surface area contributed by atoms with Crippen molar-refractivity contribution in [2.45, 2.75) is 38.5 Å². The van der Waals surface area contributed by atoms with E-state index >= 15 is 0 Å². The Morgan fingerprint density at radius 3 is 1.29 bits per heavy atom. The number of aliphatic carboxylic acids is 2. The fourth-order valence-corrected chi connectivity index (χ4v) is 1.88. The molecule has 0 atom stereocenters. The summed E-state index contributed by atoms with van der Waals surface area (Å²) in [5, 5.41) is 22.3. The van der Waals surface area contributed by atoms with Crippen molar-refractivity contribution in [3.05, 3.63) is 24.3 Å². The van der Waals surface area contributed by atoms with Crippen molar-refractivity contribution in [3.8, 4) is 0 Å². The van der Waals surface area contributed by atoms with Crippen LogP contribution in [0.25, 0.3) is 0 Å². The van der Waals surface area contributed by atoms with Crippen molar-refractivity contribution in [1.82, 2.24) is 0 Å². The molecular weight excluding hydrogens is 316 g/mol. The molecule has 2 amide bonds. The Morgan fingerprint density at radius 2 is 1.00 bits per heavy atom. The van der Waals surface area contributed by atoms with Crippen LogP contribution in [0, 0.1) is 0 Å². The first-order valence-corrected chi connectivity index (χ1v) is 7.50. The Balaban J connectivity index is 2.37. The van der Waals surface area contributed by atoms with E-state index in [1.54, 1.807) is 24.3 Å². The molecule has 24 heavy (non-hydrogen) atoms. The second-order valence-electron chi connectivity index (χ2n) is 5.17. The second-order valence-corrected chi connectivity index (χ2v) is 5.17. The van der Waals surface area contributed by atoms with Gasteiger partial charge in [0.25, 0.3) is 0 Å². The van der Waals surface area contributed by atoms with Gasteiger partial charge in [-0.15, -0.1) is 0 Å². The van der Waals surface area contributed by atoms with Gasteiger partial charge in [0, 0.05) is 37.1 Å². The van der Waals surface area contributed by atoms with E-state index < -0.39 is 11.9 Å². The minimum absolute atomic E-state index is 0.0553. The molecule has 0 saturated carbocycles. The van der Waals surface area contributed by atoms with Gasteiger partial charge in [0.05, 0.1) is 0 Å². The molecule has 0 bridgehead atoms. The van der Waals surface area contributed by atoms with Gasteiger partial charge in [-0.2, -0.15) is 0 Å². The third kappa shape index (κ3) is 8.52. The van der Waals surface area contributed by atoms with Crippen molar-refractivity contribution in [2.75, 3.05) is 10.6 Å². The van der Waals surface area contributed by atoms with Gasteiger partial charge in [-0.25, -0.2) is 0 Å². The maximum absolute atomic E-state index is 11.6. The molecule has 0 aliphatic heterocycles. The quantitative estimate of drug-likeness (QED) is 0.517. The number of hydrogen-bond donors (Lipinski definition) is 4. The maximum Gasteiger partial charge on any atom is 0.303 e. The van der Waals surface area contributed by atoms with Gasteiger partial charge in [0.1, 0.15) is 0 Å². The Labute approximate surface area is 138 Å². The van der Waals surface area contributed by atoms with E-state index in [4.69, 9.17) is 10.2 Å². The highest BCUT2D eigenvalue weighted by Crippen LogP contribution is 2.14. The van der Waals surface area contributed by atoms with Gasteiger partial charge in [-0.3, -0.25) is 19.2 Å². The monoisotopic (exact) mass is 336 g/mol. The van der Waals surface area contributed by atoms with Gasteiger partial charge in [-0.1, -0.05) is 0 Å². The third-order valence-corrected chi connectivity index (χ3v) is 3.04. The van der Waals surface area contributed by atoms with E-state index in [9.17, 15) is 19.2 Å². The number of hydrogen-bond acceptors (Lipinski definition) is 4. The summed E-state index contributed by atoms with van der Waals surface area (Å²) in [6.45, 7) is 0. The molecule has 0 aliphatic carbocycles. The van der Waals surface area contributed by atoms with Crippen molar-refractivity contribution in [3.63, 3.8) is 0 Å². The predicted molar refractivity (Wildman–Crippen MR) is 86.7 cm³/mol. The van der Waals surface area contributed by atoms with Gasteiger partial charge in [0.15, 0.2) is 0 Å². The lowest BCUT2D eigenvalue weighted by Crippen LogP contribution is -2.13. The number of carbonyl (C=O) groups excluding carboxylic acids is 2. The minimum Gasteiger partial charge on any atom is -0.481 e. The average molecular weight is 336 g/mol. The molecule has 0 heterocycles. The zero-order chi connectivity index (χ0) is 17.9. The number of carbonyl (C=O) groups is 4. The molecule has 8 nitrogen and oxygen atoms in total. The fourth-order valence-electron chi connectivity index (χ4n) is 1.88. The van der Waals surface area contributed by atoms with E-state index in [-0.39, 0.29) is 50.3 Å². The first-order chi connectivity index (χ1) is 11.4. The first-order valence-electron chi connectivity index (χ1n) is 7.50. The molecule has 1 rings (SSSR count). The van der Waals surface area contributed by atoms with Gasteiger partial charge in [-0.05, 0) is 37.1 Å². The highest BCUT2D eigenvalue weighted by molar-refractivity contribution is 5.93. The molecule has 8 heteroatoms. The maximum atomic E-state index is 11.6. The lowest BCUT2D eigenvalue weighted by atomic mass is 10.2. The summed E-state index contributed by atoms with van der Waals surface area (Å²) < 4.78 is 0. The Morgan fingerprint density at radius 1 is 0.667 bits per heavy atom. The highest BCUT2D eigenvalue weighted by Gasteiger charge is 2.06. The van der Waals surface area contributed by atoms with E-state index in [1.807, 2.05) is 0 Å². The van der Waals surface area contributed by atoms with Gasteiger partial charge in [0.2, 0.25) is 11.8 Å². The smallest absolute Gasteiger partial charge is 0.303 e. The molecule has 0 saturated heterocycles. The molecule has 1 aromatic carbocycles.